The van der Waals surface area contributed by atoms with Gasteiger partial charge < -0.3 is 14.8 Å². The van der Waals surface area contributed by atoms with E-state index in [9.17, 15) is 19.7 Å². The van der Waals surface area contributed by atoms with Gasteiger partial charge in [0.05, 0.1) is 22.6 Å². The molecule has 12 heteroatoms. The predicted octanol–water partition coefficient (Wildman–Crippen LogP) is 7.62. The normalized spacial score (nSPS) is 10.4. The minimum atomic E-state index is -0.834. The van der Waals surface area contributed by atoms with Crippen LogP contribution in [-0.2, 0) is 4.74 Å². The molecule has 0 aliphatic carbocycles. The Balaban J connectivity index is 0.000000281. The highest BCUT2D eigenvalue weighted by molar-refractivity contribution is 6.36. The summed E-state index contributed by atoms with van der Waals surface area (Å²) in [6.45, 7) is 3.47. The van der Waals surface area contributed by atoms with E-state index in [-0.39, 0.29) is 27.9 Å². The van der Waals surface area contributed by atoms with Gasteiger partial charge in [-0.25, -0.2) is 4.79 Å². The lowest BCUT2D eigenvalue weighted by Crippen LogP contribution is -2.42. The average molecular weight is 598 g/mol. The van der Waals surface area contributed by atoms with E-state index < -0.39 is 16.4 Å². The first-order chi connectivity index (χ1) is 17.8. The van der Waals surface area contributed by atoms with Crippen molar-refractivity contribution in [2.24, 2.45) is 0 Å². The Kier molecular flexibility index (Phi) is 10.8. The van der Waals surface area contributed by atoms with Gasteiger partial charge in [0.2, 0.25) is 0 Å². The zero-order valence-corrected chi connectivity index (χ0v) is 23.2. The zero-order chi connectivity index (χ0) is 28.6. The molecule has 0 bridgehead atoms. The second-order valence-electron chi connectivity index (χ2n) is 7.99. The number of nitro benzene ring substituents is 1. The first-order valence-corrected chi connectivity index (χ1v) is 12.0. The molecule has 0 heterocycles. The number of nitrogens with zero attached hydrogens (tertiary/aromatic N) is 1. The molecular formula is C26H20Cl4N2O6. The van der Waals surface area contributed by atoms with E-state index in [1.165, 1.54) is 30.3 Å². The molecule has 8 nitrogen and oxygen atoms in total. The van der Waals surface area contributed by atoms with E-state index in [0.29, 0.717) is 26.4 Å². The van der Waals surface area contributed by atoms with Gasteiger partial charge in [-0.15, -0.1) is 6.42 Å². The second kappa shape index (κ2) is 13.4. The summed E-state index contributed by atoms with van der Waals surface area (Å²) in [6, 6.07) is 13.0. The first kappa shape index (κ1) is 30.7. The van der Waals surface area contributed by atoms with Gasteiger partial charge in [-0.05, 0) is 56.3 Å². The minimum Gasteiger partial charge on any atom is -0.465 e. The number of nitrogens with one attached hydrogen (secondary N) is 1. The molecule has 0 aliphatic heterocycles. The largest absolute Gasteiger partial charge is 0.465 e. The van der Waals surface area contributed by atoms with Crippen LogP contribution in [0.4, 0.5) is 5.69 Å². The van der Waals surface area contributed by atoms with Gasteiger partial charge in [-0.2, -0.15) is 0 Å². The van der Waals surface area contributed by atoms with Crippen LogP contribution in [0.3, 0.4) is 0 Å². The van der Waals surface area contributed by atoms with Crippen LogP contribution in [0.15, 0.2) is 54.6 Å². The van der Waals surface area contributed by atoms with Crippen molar-refractivity contribution in [1.82, 2.24) is 5.32 Å². The van der Waals surface area contributed by atoms with Crippen LogP contribution in [0.2, 0.25) is 20.1 Å². The molecule has 38 heavy (non-hydrogen) atoms. The Hall–Kier alpha value is -3.48. The molecule has 0 spiro atoms. The molecule has 1 amide bonds. The number of ether oxygens (including phenoxy) is 2. The van der Waals surface area contributed by atoms with Crippen molar-refractivity contribution in [2.45, 2.75) is 19.4 Å². The quantitative estimate of drug-likeness (QED) is 0.135. The molecule has 0 atom stereocenters. The Bertz CT molecular complexity index is 1400. The van der Waals surface area contributed by atoms with Crippen LogP contribution in [-0.4, -0.2) is 29.4 Å². The molecule has 0 aromatic heterocycles. The molecule has 198 valence electrons. The van der Waals surface area contributed by atoms with Crippen LogP contribution in [0.1, 0.15) is 34.6 Å². The van der Waals surface area contributed by atoms with Crippen molar-refractivity contribution in [1.29, 1.82) is 0 Å². The highest BCUT2D eigenvalue weighted by atomic mass is 35.5. The summed E-state index contributed by atoms with van der Waals surface area (Å²) in [5.41, 5.74) is -0.899. The number of benzene rings is 3. The Morgan fingerprint density at radius 2 is 1.61 bits per heavy atom. The van der Waals surface area contributed by atoms with Gasteiger partial charge in [-0.3, -0.25) is 14.9 Å². The third kappa shape index (κ3) is 8.82. The third-order valence-electron chi connectivity index (χ3n) is 4.60. The Labute approximate surface area is 238 Å². The molecule has 3 aromatic carbocycles. The third-order valence-corrected chi connectivity index (χ3v) is 5.57. The number of rotatable bonds is 6. The average Bonchev–Trinajstić information content (AvgIpc) is 2.84. The van der Waals surface area contributed by atoms with Crippen molar-refractivity contribution in [3.05, 3.63) is 95.9 Å². The number of hydrogen-bond acceptors (Lipinski definition) is 6. The van der Waals surface area contributed by atoms with Crippen LogP contribution >= 0.6 is 46.4 Å². The lowest BCUT2D eigenvalue weighted by Gasteiger charge is -2.19. The van der Waals surface area contributed by atoms with Crippen LogP contribution < -0.4 is 10.1 Å². The minimum absolute atomic E-state index is 0.204. The molecule has 0 fully saturated rings. The number of carbonyl (C=O) groups is 2. The van der Waals surface area contributed by atoms with Gasteiger partial charge in [-0.1, -0.05) is 52.3 Å². The summed E-state index contributed by atoms with van der Waals surface area (Å²) in [6.07, 6.45) is 5.28. The topological polar surface area (TPSA) is 108 Å². The number of methoxy groups -OCH3 is 1. The zero-order valence-electron chi connectivity index (χ0n) is 20.2. The molecule has 0 aliphatic rings. The molecule has 0 unspecified atom stereocenters. The fourth-order valence-corrected chi connectivity index (χ4v) is 3.75. The lowest BCUT2D eigenvalue weighted by atomic mass is 10.1. The maximum Gasteiger partial charge on any atom is 0.345 e. The first-order valence-electron chi connectivity index (χ1n) is 10.5. The van der Waals surface area contributed by atoms with Crippen molar-refractivity contribution in [3.63, 3.8) is 0 Å². The number of nitro groups is 1. The smallest absolute Gasteiger partial charge is 0.345 e. The number of amides is 1. The molecule has 0 saturated carbocycles. The molecule has 3 aromatic rings. The molecule has 0 radical (unpaired) electrons. The van der Waals surface area contributed by atoms with E-state index >= 15 is 0 Å². The van der Waals surface area contributed by atoms with E-state index in [4.69, 9.17) is 57.6 Å². The van der Waals surface area contributed by atoms with E-state index in [0.717, 1.165) is 13.2 Å². The second-order valence-corrected chi connectivity index (χ2v) is 9.70. The number of halogens is 4. The summed E-state index contributed by atoms with van der Waals surface area (Å²) >= 11 is 23.4. The standard InChI is InChI=1S/C14H9Cl2NO5.C12H11Cl2NO/c1-21-14(18)10-7-9(3-4-12(10)17(19)20)22-13-5-2-8(15)6-11(13)16;1-4-12(2,3)15-11(16)8-5-9(13)7-10(14)6-8/h2-7H,1H3;1,5-7H,2-3H3,(H,15,16). The molecule has 1 N–H and O–H groups in total. The van der Waals surface area contributed by atoms with Crippen molar-refractivity contribution < 1.29 is 24.0 Å². The summed E-state index contributed by atoms with van der Waals surface area (Å²) in [4.78, 5) is 33.7. The van der Waals surface area contributed by atoms with Crippen molar-refractivity contribution in [3.8, 4) is 23.8 Å². The van der Waals surface area contributed by atoms with E-state index in [1.807, 2.05) is 0 Å². The van der Waals surface area contributed by atoms with E-state index in [1.54, 1.807) is 32.0 Å². The molecule has 0 saturated heterocycles. The Morgan fingerprint density at radius 1 is 0.974 bits per heavy atom. The summed E-state index contributed by atoms with van der Waals surface area (Å²) in [7, 11) is 1.13. The Morgan fingerprint density at radius 3 is 2.13 bits per heavy atom. The molecular weight excluding hydrogens is 578 g/mol. The van der Waals surface area contributed by atoms with Crippen LogP contribution in [0.5, 0.6) is 11.5 Å². The fraction of sp³-hybridized carbons (Fsp3) is 0.154. The van der Waals surface area contributed by atoms with E-state index in [2.05, 4.69) is 16.0 Å². The van der Waals surface area contributed by atoms with Crippen molar-refractivity contribution >= 4 is 64.0 Å². The summed E-state index contributed by atoms with van der Waals surface area (Å²) < 4.78 is 10.0. The monoisotopic (exact) mass is 596 g/mol. The van der Waals surface area contributed by atoms with Gasteiger partial charge in [0.25, 0.3) is 11.6 Å². The van der Waals surface area contributed by atoms with Gasteiger partial charge in [0.1, 0.15) is 17.1 Å². The number of hydrogen-bond donors (Lipinski definition) is 1. The van der Waals surface area contributed by atoms with Gasteiger partial charge in [0.15, 0.2) is 0 Å². The molecule has 3 rings (SSSR count). The highest BCUT2D eigenvalue weighted by Crippen LogP contribution is 2.33. The maximum absolute atomic E-state index is 11.8. The van der Waals surface area contributed by atoms with Gasteiger partial charge in [0, 0.05) is 32.8 Å². The highest BCUT2D eigenvalue weighted by Gasteiger charge is 2.22. The predicted molar refractivity (Wildman–Crippen MR) is 148 cm³/mol. The lowest BCUT2D eigenvalue weighted by molar-refractivity contribution is -0.385. The van der Waals surface area contributed by atoms with Gasteiger partial charge >= 0.3 is 5.97 Å². The summed E-state index contributed by atoms with van der Waals surface area (Å²) in [5, 5.41) is 15.1. The summed E-state index contributed by atoms with van der Waals surface area (Å²) in [5.74, 6) is 1.85. The number of esters is 1. The van der Waals surface area contributed by atoms with Crippen LogP contribution in [0.25, 0.3) is 0 Å². The fourth-order valence-electron chi connectivity index (χ4n) is 2.77. The SMILES string of the molecule is C#CC(C)(C)NC(=O)c1cc(Cl)cc(Cl)c1.COC(=O)c1cc(Oc2ccc(Cl)cc2Cl)ccc1[N+](=O)[O-]. The van der Waals surface area contributed by atoms with Crippen LogP contribution in [0, 0.1) is 22.5 Å². The number of carbonyl (C=O) groups excluding carboxylic acids is 2. The van der Waals surface area contributed by atoms with Crippen molar-refractivity contribution in [2.75, 3.05) is 7.11 Å². The maximum atomic E-state index is 11.8. The number of terminal acetylenes is 1.